The molecule has 0 bridgehead atoms. The molecule has 0 saturated heterocycles. The second-order valence-electron chi connectivity index (χ2n) is 9.51. The molecule has 0 aromatic heterocycles. The first-order valence-corrected chi connectivity index (χ1v) is 14.6. The molecule has 1 N–H and O–H groups in total. The zero-order valence-electron chi connectivity index (χ0n) is 22.7. The van der Waals surface area contributed by atoms with Crippen molar-refractivity contribution in [2.24, 2.45) is 0 Å². The maximum absolute atomic E-state index is 13.0. The van der Waals surface area contributed by atoms with E-state index in [0.29, 0.717) is 24.5 Å². The Morgan fingerprint density at radius 1 is 1.00 bits per heavy atom. The van der Waals surface area contributed by atoms with Crippen LogP contribution in [0.4, 0.5) is 5.69 Å². The highest BCUT2D eigenvalue weighted by Gasteiger charge is 2.24. The Morgan fingerprint density at radius 3 is 2.40 bits per heavy atom. The fourth-order valence-corrected chi connectivity index (χ4v) is 5.11. The average Bonchev–Trinajstić information content (AvgIpc) is 3.34. The topological polar surface area (TPSA) is 116 Å². The van der Waals surface area contributed by atoms with E-state index in [2.05, 4.69) is 10.6 Å². The number of fused-ring (bicyclic) bond motifs is 1. The normalized spacial score (nSPS) is 12.9. The molecular weight excluding hydrogens is 530 g/mol. The van der Waals surface area contributed by atoms with Gasteiger partial charge in [0.1, 0.15) is 11.5 Å². The summed E-state index contributed by atoms with van der Waals surface area (Å²) in [6.45, 7) is 1.79. The van der Waals surface area contributed by atoms with E-state index in [-0.39, 0.29) is 29.9 Å². The third-order valence-corrected chi connectivity index (χ3v) is 7.63. The first kappa shape index (κ1) is 28.7. The Hall–Kier alpha value is -4.31. The molecule has 2 amide bonds. The SMILES string of the molecule is COc1ccccc1CN(CC(CC1=C[N]c2ccccc21)NC(=O)COc1ccc(S(C)(=O)=O)cc1)C(C)=O. The van der Waals surface area contributed by atoms with E-state index < -0.39 is 15.9 Å². The first-order valence-electron chi connectivity index (χ1n) is 12.7. The average molecular weight is 563 g/mol. The number of hydrogen-bond acceptors (Lipinski definition) is 6. The van der Waals surface area contributed by atoms with E-state index in [1.54, 1.807) is 18.2 Å². The molecular formula is C30H32N3O6S. The van der Waals surface area contributed by atoms with Crippen molar-refractivity contribution < 1.29 is 27.5 Å². The monoisotopic (exact) mass is 562 g/mol. The number of amides is 2. The van der Waals surface area contributed by atoms with E-state index in [0.717, 1.165) is 28.6 Å². The third kappa shape index (κ3) is 7.41. The number of methoxy groups -OCH3 is 1. The highest BCUT2D eigenvalue weighted by Crippen LogP contribution is 2.33. The van der Waals surface area contributed by atoms with Gasteiger partial charge < -0.3 is 19.7 Å². The summed E-state index contributed by atoms with van der Waals surface area (Å²) in [5, 5.41) is 7.49. The standard InChI is InChI=1S/C30H32N3O6S/c1-21(34)33(18-22-8-4-7-11-29(22)38-2)19-24(16-23-17-31-28-10-6-5-9-27(23)28)32-30(35)20-39-25-12-14-26(15-13-25)40(3,36)37/h4-15,17,24H,16,18-20H2,1-3H3,(H,32,35). The molecule has 1 aliphatic rings. The summed E-state index contributed by atoms with van der Waals surface area (Å²) >= 11 is 0. The number of sulfone groups is 1. The van der Waals surface area contributed by atoms with Gasteiger partial charge in [-0.05, 0) is 48.4 Å². The van der Waals surface area contributed by atoms with Gasteiger partial charge in [-0.1, -0.05) is 36.4 Å². The number of benzene rings is 3. The van der Waals surface area contributed by atoms with Gasteiger partial charge in [-0.25, -0.2) is 8.42 Å². The molecule has 4 rings (SSSR count). The molecule has 1 radical (unpaired) electrons. The van der Waals surface area contributed by atoms with Gasteiger partial charge in [0.2, 0.25) is 5.91 Å². The third-order valence-electron chi connectivity index (χ3n) is 6.50. The van der Waals surface area contributed by atoms with Crippen LogP contribution in [0, 0.1) is 0 Å². The van der Waals surface area contributed by atoms with Crippen molar-refractivity contribution in [1.29, 1.82) is 0 Å². The van der Waals surface area contributed by atoms with E-state index in [1.165, 1.54) is 31.2 Å². The fraction of sp³-hybridized carbons (Fsp3) is 0.267. The van der Waals surface area contributed by atoms with E-state index >= 15 is 0 Å². The molecule has 1 aliphatic heterocycles. The maximum atomic E-state index is 13.0. The van der Waals surface area contributed by atoms with Gasteiger partial charge in [-0.3, -0.25) is 14.9 Å². The zero-order valence-corrected chi connectivity index (χ0v) is 23.5. The molecule has 40 heavy (non-hydrogen) atoms. The van der Waals surface area contributed by atoms with Gasteiger partial charge in [-0.15, -0.1) is 0 Å². The Balaban J connectivity index is 1.48. The van der Waals surface area contributed by atoms with Crippen molar-refractivity contribution in [2.45, 2.75) is 30.8 Å². The molecule has 9 nitrogen and oxygen atoms in total. The summed E-state index contributed by atoms with van der Waals surface area (Å²) in [4.78, 5) is 27.5. The molecule has 0 fully saturated rings. The number of rotatable bonds is 12. The van der Waals surface area contributed by atoms with Gasteiger partial charge in [0.05, 0.1) is 23.7 Å². The Morgan fingerprint density at radius 2 is 1.70 bits per heavy atom. The van der Waals surface area contributed by atoms with Gasteiger partial charge >= 0.3 is 0 Å². The molecule has 0 spiro atoms. The van der Waals surface area contributed by atoms with Gasteiger partial charge in [0, 0.05) is 43.6 Å². The van der Waals surface area contributed by atoms with Gasteiger partial charge in [0.15, 0.2) is 16.4 Å². The number of nitrogens with zero attached hydrogens (tertiary/aromatic N) is 2. The zero-order chi connectivity index (χ0) is 28.7. The second-order valence-corrected chi connectivity index (χ2v) is 11.5. The van der Waals surface area contributed by atoms with E-state index in [4.69, 9.17) is 9.47 Å². The van der Waals surface area contributed by atoms with Crippen LogP contribution in [0.2, 0.25) is 0 Å². The number of carbonyl (C=O) groups excluding carboxylic acids is 2. The van der Waals surface area contributed by atoms with E-state index in [9.17, 15) is 18.0 Å². The molecule has 0 saturated carbocycles. The molecule has 3 aromatic rings. The van der Waals surface area contributed by atoms with Crippen molar-refractivity contribution in [3.8, 4) is 11.5 Å². The van der Waals surface area contributed by atoms with E-state index in [1.807, 2.05) is 48.5 Å². The predicted molar refractivity (Wildman–Crippen MR) is 152 cm³/mol. The Bertz CT molecular complexity index is 1500. The van der Waals surface area contributed by atoms with Crippen LogP contribution >= 0.6 is 0 Å². The number of hydrogen-bond donors (Lipinski definition) is 1. The van der Waals surface area contributed by atoms with Crippen LogP contribution < -0.4 is 20.1 Å². The lowest BCUT2D eigenvalue weighted by Crippen LogP contribution is -2.46. The first-order chi connectivity index (χ1) is 19.1. The summed E-state index contributed by atoms with van der Waals surface area (Å²) in [5.74, 6) is 0.530. The molecule has 10 heteroatoms. The minimum absolute atomic E-state index is 0.141. The Labute approximate surface area is 234 Å². The van der Waals surface area contributed by atoms with Crippen molar-refractivity contribution in [3.63, 3.8) is 0 Å². The van der Waals surface area contributed by atoms with Crippen LogP contribution in [-0.2, 0) is 26.0 Å². The lowest BCUT2D eigenvalue weighted by Gasteiger charge is -2.28. The minimum atomic E-state index is -3.33. The lowest BCUT2D eigenvalue weighted by atomic mass is 9.99. The summed E-state index contributed by atoms with van der Waals surface area (Å²) < 4.78 is 34.4. The smallest absolute Gasteiger partial charge is 0.258 e. The second kappa shape index (κ2) is 12.7. The van der Waals surface area contributed by atoms with Crippen LogP contribution in [-0.4, -0.2) is 57.7 Å². The molecule has 0 aliphatic carbocycles. The van der Waals surface area contributed by atoms with Gasteiger partial charge in [0.25, 0.3) is 5.91 Å². The quantitative estimate of drug-likeness (QED) is 0.360. The minimum Gasteiger partial charge on any atom is -0.496 e. The molecule has 3 aromatic carbocycles. The molecule has 1 unspecified atom stereocenters. The van der Waals surface area contributed by atoms with Crippen molar-refractivity contribution in [2.75, 3.05) is 26.5 Å². The number of nitrogens with one attached hydrogen (secondary N) is 1. The van der Waals surface area contributed by atoms with Crippen LogP contribution in [0.25, 0.3) is 5.57 Å². The molecule has 1 heterocycles. The number of para-hydroxylation sites is 2. The number of ether oxygens (including phenoxy) is 2. The van der Waals surface area contributed by atoms with Crippen LogP contribution in [0.1, 0.15) is 24.5 Å². The summed E-state index contributed by atoms with van der Waals surface area (Å²) in [6, 6.07) is 20.7. The van der Waals surface area contributed by atoms with Crippen molar-refractivity contribution in [3.05, 3.63) is 90.1 Å². The summed E-state index contributed by atoms with van der Waals surface area (Å²) in [6.07, 6.45) is 3.37. The molecule has 209 valence electrons. The van der Waals surface area contributed by atoms with Crippen LogP contribution in [0.15, 0.2) is 83.9 Å². The van der Waals surface area contributed by atoms with Crippen molar-refractivity contribution >= 4 is 32.9 Å². The highest BCUT2D eigenvalue weighted by molar-refractivity contribution is 7.90. The lowest BCUT2D eigenvalue weighted by molar-refractivity contribution is -0.131. The predicted octanol–water partition coefficient (Wildman–Crippen LogP) is 3.69. The van der Waals surface area contributed by atoms with Crippen LogP contribution in [0.3, 0.4) is 0 Å². The number of carbonyl (C=O) groups is 2. The summed E-state index contributed by atoms with van der Waals surface area (Å²) in [5.41, 5.74) is 3.66. The largest absolute Gasteiger partial charge is 0.496 e. The van der Waals surface area contributed by atoms with Gasteiger partial charge in [-0.2, -0.15) is 0 Å². The molecule has 1 atom stereocenters. The maximum Gasteiger partial charge on any atom is 0.258 e. The van der Waals surface area contributed by atoms with Crippen molar-refractivity contribution in [1.82, 2.24) is 15.5 Å². The highest BCUT2D eigenvalue weighted by atomic mass is 32.2. The fourth-order valence-electron chi connectivity index (χ4n) is 4.48. The summed E-state index contributed by atoms with van der Waals surface area (Å²) in [7, 11) is -1.75. The van der Waals surface area contributed by atoms with Crippen LogP contribution in [0.5, 0.6) is 11.5 Å². The Kier molecular flexibility index (Phi) is 9.11.